The monoisotopic (exact) mass is 302 g/mol. The maximum Gasteiger partial charge on any atom is 0.220 e. The van der Waals surface area contributed by atoms with E-state index in [4.69, 9.17) is 0 Å². The van der Waals surface area contributed by atoms with Crippen LogP contribution in [0, 0.1) is 0 Å². The fourth-order valence-corrected chi connectivity index (χ4v) is 3.20. The SMILES string of the molecule is CCCCCC(=O)NC(C)c1ccccc1N1CCCCC1. The van der Waals surface area contributed by atoms with Gasteiger partial charge in [0.2, 0.25) is 5.91 Å². The summed E-state index contributed by atoms with van der Waals surface area (Å²) in [6.07, 6.45) is 7.79. The zero-order chi connectivity index (χ0) is 15.8. The van der Waals surface area contributed by atoms with E-state index in [1.54, 1.807) is 0 Å². The molecule has 1 unspecified atom stereocenters. The van der Waals surface area contributed by atoms with Gasteiger partial charge in [-0.1, -0.05) is 38.0 Å². The van der Waals surface area contributed by atoms with E-state index in [0.717, 1.165) is 32.4 Å². The van der Waals surface area contributed by atoms with Gasteiger partial charge in [0.25, 0.3) is 0 Å². The van der Waals surface area contributed by atoms with E-state index in [1.165, 1.54) is 30.5 Å². The lowest BCUT2D eigenvalue weighted by Gasteiger charge is -2.32. The van der Waals surface area contributed by atoms with Crippen LogP contribution in [-0.2, 0) is 4.79 Å². The van der Waals surface area contributed by atoms with Crippen LogP contribution in [0.5, 0.6) is 0 Å². The summed E-state index contributed by atoms with van der Waals surface area (Å²) in [5, 5.41) is 3.17. The first-order valence-corrected chi connectivity index (χ1v) is 8.85. The summed E-state index contributed by atoms with van der Waals surface area (Å²) in [6.45, 7) is 6.53. The Morgan fingerprint density at radius 2 is 1.91 bits per heavy atom. The zero-order valence-electron chi connectivity index (χ0n) is 14.1. The van der Waals surface area contributed by atoms with E-state index >= 15 is 0 Å². The number of unbranched alkanes of at least 4 members (excludes halogenated alkanes) is 2. The molecule has 3 heteroatoms. The average molecular weight is 302 g/mol. The Bertz CT molecular complexity index is 466. The highest BCUT2D eigenvalue weighted by Gasteiger charge is 2.18. The van der Waals surface area contributed by atoms with Crippen LogP contribution in [0.1, 0.15) is 70.4 Å². The van der Waals surface area contributed by atoms with Gasteiger partial charge >= 0.3 is 0 Å². The second kappa shape index (κ2) is 8.82. The second-order valence-corrected chi connectivity index (χ2v) is 6.35. The lowest BCUT2D eigenvalue weighted by atomic mass is 10.0. The van der Waals surface area contributed by atoms with E-state index < -0.39 is 0 Å². The number of nitrogens with zero attached hydrogens (tertiary/aromatic N) is 1. The van der Waals surface area contributed by atoms with Crippen LogP contribution in [0.2, 0.25) is 0 Å². The molecule has 0 aliphatic carbocycles. The van der Waals surface area contributed by atoms with E-state index in [-0.39, 0.29) is 11.9 Å². The maximum atomic E-state index is 12.1. The van der Waals surface area contributed by atoms with E-state index in [0.29, 0.717) is 6.42 Å². The van der Waals surface area contributed by atoms with Crippen LogP contribution < -0.4 is 10.2 Å². The predicted molar refractivity (Wildman–Crippen MR) is 93.2 cm³/mol. The Morgan fingerprint density at radius 3 is 2.64 bits per heavy atom. The molecule has 2 rings (SSSR count). The zero-order valence-corrected chi connectivity index (χ0v) is 14.1. The van der Waals surface area contributed by atoms with Crippen molar-refractivity contribution in [2.24, 2.45) is 0 Å². The Morgan fingerprint density at radius 1 is 1.18 bits per heavy atom. The van der Waals surface area contributed by atoms with Crippen molar-refractivity contribution in [2.45, 2.75) is 64.8 Å². The Balaban J connectivity index is 1.99. The van der Waals surface area contributed by atoms with Crippen LogP contribution in [-0.4, -0.2) is 19.0 Å². The molecule has 1 aliphatic heterocycles. The van der Waals surface area contributed by atoms with Gasteiger partial charge in [0.1, 0.15) is 0 Å². The first kappa shape index (κ1) is 16.9. The molecule has 0 spiro atoms. The Hall–Kier alpha value is -1.51. The molecule has 1 saturated heterocycles. The maximum absolute atomic E-state index is 12.1. The number of hydrogen-bond donors (Lipinski definition) is 1. The molecular weight excluding hydrogens is 272 g/mol. The minimum absolute atomic E-state index is 0.0762. The molecule has 1 aromatic carbocycles. The Kier molecular flexibility index (Phi) is 6.75. The lowest BCUT2D eigenvalue weighted by molar-refractivity contribution is -0.121. The molecule has 0 aromatic heterocycles. The van der Waals surface area contributed by atoms with Crippen molar-refractivity contribution in [1.29, 1.82) is 0 Å². The van der Waals surface area contributed by atoms with Gasteiger partial charge in [-0.2, -0.15) is 0 Å². The third-order valence-electron chi connectivity index (χ3n) is 4.48. The highest BCUT2D eigenvalue weighted by molar-refractivity contribution is 5.76. The number of hydrogen-bond acceptors (Lipinski definition) is 2. The van der Waals surface area contributed by atoms with Crippen LogP contribution >= 0.6 is 0 Å². The largest absolute Gasteiger partial charge is 0.371 e. The van der Waals surface area contributed by atoms with Gasteiger partial charge in [-0.05, 0) is 44.2 Å². The molecule has 0 bridgehead atoms. The molecule has 122 valence electrons. The molecule has 1 heterocycles. The molecule has 1 aliphatic rings. The van der Waals surface area contributed by atoms with Gasteiger partial charge in [0, 0.05) is 25.2 Å². The first-order valence-electron chi connectivity index (χ1n) is 8.85. The van der Waals surface area contributed by atoms with Crippen LogP contribution in [0.15, 0.2) is 24.3 Å². The third-order valence-corrected chi connectivity index (χ3v) is 4.48. The van der Waals surface area contributed by atoms with Gasteiger partial charge in [-0.15, -0.1) is 0 Å². The van der Waals surface area contributed by atoms with Crippen molar-refractivity contribution >= 4 is 11.6 Å². The van der Waals surface area contributed by atoms with Crippen molar-refractivity contribution in [3.8, 4) is 0 Å². The molecule has 1 N–H and O–H groups in total. The van der Waals surface area contributed by atoms with E-state index in [2.05, 4.69) is 48.3 Å². The number of para-hydroxylation sites is 1. The summed E-state index contributed by atoms with van der Waals surface area (Å²) in [5.74, 6) is 0.175. The lowest BCUT2D eigenvalue weighted by Crippen LogP contribution is -2.32. The molecule has 3 nitrogen and oxygen atoms in total. The number of carbonyl (C=O) groups excluding carboxylic acids is 1. The van der Waals surface area contributed by atoms with Crippen LogP contribution in [0.25, 0.3) is 0 Å². The van der Waals surface area contributed by atoms with Gasteiger partial charge < -0.3 is 10.2 Å². The van der Waals surface area contributed by atoms with Crippen LogP contribution in [0.4, 0.5) is 5.69 Å². The highest BCUT2D eigenvalue weighted by atomic mass is 16.1. The van der Waals surface area contributed by atoms with Crippen molar-refractivity contribution in [2.75, 3.05) is 18.0 Å². The molecule has 1 fully saturated rings. The number of carbonyl (C=O) groups is 1. The number of piperidine rings is 1. The van der Waals surface area contributed by atoms with E-state index in [1.807, 2.05) is 0 Å². The van der Waals surface area contributed by atoms with Gasteiger partial charge in [-0.3, -0.25) is 4.79 Å². The predicted octanol–water partition coefficient (Wildman–Crippen LogP) is 4.43. The molecule has 0 radical (unpaired) electrons. The van der Waals surface area contributed by atoms with Gasteiger partial charge in [-0.25, -0.2) is 0 Å². The number of anilines is 1. The standard InChI is InChI=1S/C19H30N2O/c1-3-4-6-13-19(22)20-16(2)17-11-7-8-12-18(17)21-14-9-5-10-15-21/h7-8,11-12,16H,3-6,9-10,13-15H2,1-2H3,(H,20,22). The molecule has 1 aromatic rings. The average Bonchev–Trinajstić information content (AvgIpc) is 2.56. The second-order valence-electron chi connectivity index (χ2n) is 6.35. The number of amides is 1. The Labute approximate surface area is 135 Å². The topological polar surface area (TPSA) is 32.3 Å². The molecule has 0 saturated carbocycles. The summed E-state index contributed by atoms with van der Waals surface area (Å²) >= 11 is 0. The quantitative estimate of drug-likeness (QED) is 0.755. The normalized spacial score (nSPS) is 16.4. The minimum Gasteiger partial charge on any atom is -0.371 e. The van der Waals surface area contributed by atoms with E-state index in [9.17, 15) is 4.79 Å². The molecule has 1 atom stereocenters. The van der Waals surface area contributed by atoms with Crippen molar-refractivity contribution in [3.63, 3.8) is 0 Å². The summed E-state index contributed by atoms with van der Waals surface area (Å²) in [5.41, 5.74) is 2.54. The fraction of sp³-hybridized carbons (Fsp3) is 0.632. The molecular formula is C19H30N2O. The highest BCUT2D eigenvalue weighted by Crippen LogP contribution is 2.28. The third kappa shape index (κ3) is 4.75. The summed E-state index contributed by atoms with van der Waals surface area (Å²) < 4.78 is 0. The number of nitrogens with one attached hydrogen (secondary N) is 1. The number of benzene rings is 1. The first-order chi connectivity index (χ1) is 10.7. The van der Waals surface area contributed by atoms with Crippen molar-refractivity contribution in [1.82, 2.24) is 5.32 Å². The van der Waals surface area contributed by atoms with Crippen molar-refractivity contribution in [3.05, 3.63) is 29.8 Å². The minimum atomic E-state index is 0.0762. The molecule has 22 heavy (non-hydrogen) atoms. The van der Waals surface area contributed by atoms with Gasteiger partial charge in [0.15, 0.2) is 0 Å². The summed E-state index contributed by atoms with van der Waals surface area (Å²) in [7, 11) is 0. The van der Waals surface area contributed by atoms with Gasteiger partial charge in [0.05, 0.1) is 6.04 Å². The number of rotatable bonds is 7. The van der Waals surface area contributed by atoms with Crippen LogP contribution in [0.3, 0.4) is 0 Å². The fourth-order valence-electron chi connectivity index (χ4n) is 3.20. The summed E-state index contributed by atoms with van der Waals surface area (Å²) in [6, 6.07) is 8.60. The smallest absolute Gasteiger partial charge is 0.220 e. The summed E-state index contributed by atoms with van der Waals surface area (Å²) in [4.78, 5) is 14.5. The van der Waals surface area contributed by atoms with Crippen molar-refractivity contribution < 1.29 is 4.79 Å². The molecule has 1 amide bonds.